The monoisotopic (exact) mass is 319 g/mol. The number of hydrogen-bond acceptors (Lipinski definition) is 2. The highest BCUT2D eigenvalue weighted by Crippen LogP contribution is 2.23. The molecule has 2 amide bonds. The number of urea groups is 1. The Hall–Kier alpha value is -1.78. The number of rotatable bonds is 3. The lowest BCUT2D eigenvalue weighted by molar-refractivity contribution is 0.190. The van der Waals surface area contributed by atoms with Gasteiger partial charge >= 0.3 is 6.03 Å². The van der Waals surface area contributed by atoms with Crippen LogP contribution in [0, 0.1) is 11.7 Å². The van der Waals surface area contributed by atoms with Crippen molar-refractivity contribution in [1.29, 1.82) is 0 Å². The van der Waals surface area contributed by atoms with Crippen LogP contribution in [0.15, 0.2) is 24.3 Å². The van der Waals surface area contributed by atoms with Crippen molar-refractivity contribution >= 4 is 11.7 Å². The van der Waals surface area contributed by atoms with Crippen LogP contribution in [0.5, 0.6) is 0 Å². The first-order valence-electron chi connectivity index (χ1n) is 8.76. The van der Waals surface area contributed by atoms with Crippen molar-refractivity contribution in [3.05, 3.63) is 30.1 Å². The average molecular weight is 319 g/mol. The van der Waals surface area contributed by atoms with Gasteiger partial charge in [-0.1, -0.05) is 31.4 Å². The molecule has 2 fully saturated rings. The van der Waals surface area contributed by atoms with Crippen molar-refractivity contribution in [3.63, 3.8) is 0 Å². The molecule has 0 spiro atoms. The molecule has 0 bridgehead atoms. The van der Waals surface area contributed by atoms with Crippen molar-refractivity contribution in [2.24, 2.45) is 5.92 Å². The van der Waals surface area contributed by atoms with E-state index in [4.69, 9.17) is 0 Å². The average Bonchev–Trinajstić information content (AvgIpc) is 2.61. The third-order valence-electron chi connectivity index (χ3n) is 5.03. The number of anilines is 1. The highest BCUT2D eigenvalue weighted by Gasteiger charge is 2.23. The summed E-state index contributed by atoms with van der Waals surface area (Å²) in [6.45, 7) is 3.44. The summed E-state index contributed by atoms with van der Waals surface area (Å²) in [5.41, 5.74) is 0.634. The molecule has 0 atom stereocenters. The number of halogens is 1. The van der Waals surface area contributed by atoms with Gasteiger partial charge in [0.05, 0.1) is 5.69 Å². The quantitative estimate of drug-likeness (QED) is 0.928. The second-order valence-corrected chi connectivity index (χ2v) is 6.62. The number of hydrogen-bond donors (Lipinski definition) is 1. The Morgan fingerprint density at radius 3 is 2.48 bits per heavy atom. The minimum absolute atomic E-state index is 0.0313. The van der Waals surface area contributed by atoms with Gasteiger partial charge in [-0.05, 0) is 30.9 Å². The molecule has 0 aromatic heterocycles. The predicted octanol–water partition coefficient (Wildman–Crippen LogP) is 3.24. The van der Waals surface area contributed by atoms with Crippen molar-refractivity contribution in [2.75, 3.05) is 37.6 Å². The number of amides is 2. The maximum absolute atomic E-state index is 13.8. The van der Waals surface area contributed by atoms with E-state index < -0.39 is 0 Å². The normalized spacial score (nSPS) is 19.7. The maximum atomic E-state index is 13.8. The lowest BCUT2D eigenvalue weighted by atomic mass is 9.89. The molecule has 1 heterocycles. The third-order valence-corrected chi connectivity index (χ3v) is 5.03. The predicted molar refractivity (Wildman–Crippen MR) is 90.2 cm³/mol. The lowest BCUT2D eigenvalue weighted by Gasteiger charge is -2.36. The zero-order chi connectivity index (χ0) is 16.1. The van der Waals surface area contributed by atoms with E-state index in [0.717, 1.165) is 6.54 Å². The number of benzene rings is 1. The van der Waals surface area contributed by atoms with Crippen molar-refractivity contribution < 1.29 is 9.18 Å². The Balaban J connectivity index is 1.45. The molecular weight excluding hydrogens is 293 g/mol. The molecule has 1 N–H and O–H groups in total. The Morgan fingerprint density at radius 2 is 1.78 bits per heavy atom. The van der Waals surface area contributed by atoms with Crippen LogP contribution in [0.2, 0.25) is 0 Å². The molecule has 1 aliphatic carbocycles. The first-order chi connectivity index (χ1) is 11.2. The summed E-state index contributed by atoms with van der Waals surface area (Å²) in [5, 5.41) is 3.08. The molecule has 1 aliphatic heterocycles. The van der Waals surface area contributed by atoms with E-state index in [0.29, 0.717) is 37.8 Å². The zero-order valence-corrected chi connectivity index (χ0v) is 13.6. The van der Waals surface area contributed by atoms with Crippen LogP contribution < -0.4 is 10.2 Å². The van der Waals surface area contributed by atoms with Crippen molar-refractivity contribution in [1.82, 2.24) is 10.2 Å². The summed E-state index contributed by atoms with van der Waals surface area (Å²) in [7, 11) is 0. The van der Waals surface area contributed by atoms with Gasteiger partial charge in [0.15, 0.2) is 0 Å². The summed E-state index contributed by atoms with van der Waals surface area (Å²) < 4.78 is 13.8. The third kappa shape index (κ3) is 4.15. The SMILES string of the molecule is O=C(NCC1CCCCC1)N1CCN(c2ccccc2F)CC1. The number of nitrogens with one attached hydrogen (secondary N) is 1. The van der Waals surface area contributed by atoms with Crippen LogP contribution in [0.25, 0.3) is 0 Å². The van der Waals surface area contributed by atoms with Gasteiger partial charge in [-0.15, -0.1) is 0 Å². The van der Waals surface area contributed by atoms with E-state index in [9.17, 15) is 9.18 Å². The minimum atomic E-state index is -0.192. The van der Waals surface area contributed by atoms with Crippen molar-refractivity contribution in [2.45, 2.75) is 32.1 Å². The molecular formula is C18H26FN3O. The Labute approximate surface area is 137 Å². The number of carbonyl (C=O) groups excluding carboxylic acids is 1. The molecule has 2 aliphatic rings. The fourth-order valence-electron chi connectivity index (χ4n) is 3.59. The second-order valence-electron chi connectivity index (χ2n) is 6.62. The highest BCUT2D eigenvalue weighted by atomic mass is 19.1. The summed E-state index contributed by atoms with van der Waals surface area (Å²) >= 11 is 0. The lowest BCUT2D eigenvalue weighted by Crippen LogP contribution is -2.52. The van der Waals surface area contributed by atoms with Gasteiger partial charge in [0.25, 0.3) is 0 Å². The van der Waals surface area contributed by atoms with Gasteiger partial charge in [-0.25, -0.2) is 9.18 Å². The topological polar surface area (TPSA) is 35.6 Å². The van der Waals surface area contributed by atoms with E-state index in [2.05, 4.69) is 5.32 Å². The number of nitrogens with zero attached hydrogens (tertiary/aromatic N) is 2. The highest BCUT2D eigenvalue weighted by molar-refractivity contribution is 5.74. The van der Waals surface area contributed by atoms with Crippen molar-refractivity contribution in [3.8, 4) is 0 Å². The molecule has 23 heavy (non-hydrogen) atoms. The Morgan fingerprint density at radius 1 is 1.09 bits per heavy atom. The minimum Gasteiger partial charge on any atom is -0.366 e. The smallest absolute Gasteiger partial charge is 0.317 e. The van der Waals surface area contributed by atoms with Crippen LogP contribution in [-0.4, -0.2) is 43.7 Å². The van der Waals surface area contributed by atoms with E-state index in [-0.39, 0.29) is 11.8 Å². The molecule has 0 unspecified atom stereocenters. The standard InChI is InChI=1S/C18H26FN3O/c19-16-8-4-5-9-17(16)21-10-12-22(13-11-21)18(23)20-14-15-6-2-1-3-7-15/h4-5,8-9,15H,1-3,6-7,10-14H2,(H,20,23). The van der Waals surface area contributed by atoms with Gasteiger partial charge in [-0.3, -0.25) is 0 Å². The molecule has 4 nitrogen and oxygen atoms in total. The van der Waals surface area contributed by atoms with Crippen LogP contribution in [0.4, 0.5) is 14.9 Å². The van der Waals surface area contributed by atoms with Crippen LogP contribution in [0.1, 0.15) is 32.1 Å². The fourth-order valence-corrected chi connectivity index (χ4v) is 3.59. The van der Waals surface area contributed by atoms with Gasteiger partial charge in [0, 0.05) is 32.7 Å². The first kappa shape index (κ1) is 16.1. The molecule has 126 valence electrons. The van der Waals surface area contributed by atoms with E-state index in [1.807, 2.05) is 15.9 Å². The van der Waals surface area contributed by atoms with Gasteiger partial charge in [-0.2, -0.15) is 0 Å². The Bertz CT molecular complexity index is 523. The maximum Gasteiger partial charge on any atom is 0.317 e. The number of carbonyl (C=O) groups is 1. The molecule has 1 saturated carbocycles. The summed E-state index contributed by atoms with van der Waals surface area (Å²) in [4.78, 5) is 16.1. The fraction of sp³-hybridized carbons (Fsp3) is 0.611. The Kier molecular flexibility index (Phi) is 5.36. The largest absolute Gasteiger partial charge is 0.366 e. The van der Waals surface area contributed by atoms with Gasteiger partial charge in [0.2, 0.25) is 0 Å². The van der Waals surface area contributed by atoms with Gasteiger partial charge in [0.1, 0.15) is 5.82 Å². The number of piperazine rings is 1. The molecule has 1 saturated heterocycles. The molecule has 5 heteroatoms. The molecule has 3 rings (SSSR count). The summed E-state index contributed by atoms with van der Waals surface area (Å²) in [6, 6.07) is 6.87. The van der Waals surface area contributed by atoms with Crippen LogP contribution >= 0.6 is 0 Å². The van der Waals surface area contributed by atoms with Gasteiger partial charge < -0.3 is 15.1 Å². The zero-order valence-electron chi connectivity index (χ0n) is 13.6. The van der Waals surface area contributed by atoms with Crippen LogP contribution in [0.3, 0.4) is 0 Å². The molecule has 1 aromatic carbocycles. The van der Waals surface area contributed by atoms with Crippen LogP contribution in [-0.2, 0) is 0 Å². The summed E-state index contributed by atoms with van der Waals surface area (Å²) in [5.74, 6) is 0.454. The van der Waals surface area contributed by atoms with E-state index in [1.54, 1.807) is 12.1 Å². The second kappa shape index (κ2) is 7.66. The molecule has 1 aromatic rings. The van der Waals surface area contributed by atoms with E-state index in [1.165, 1.54) is 38.2 Å². The summed E-state index contributed by atoms with van der Waals surface area (Å²) in [6.07, 6.45) is 6.40. The first-order valence-corrected chi connectivity index (χ1v) is 8.76. The van der Waals surface area contributed by atoms with E-state index >= 15 is 0 Å². The number of para-hydroxylation sites is 1. The molecule has 0 radical (unpaired) electrons.